The average Bonchev–Trinajstić information content (AvgIpc) is 2.37. The molecule has 0 bridgehead atoms. The van der Waals surface area contributed by atoms with E-state index >= 15 is 0 Å². The van der Waals surface area contributed by atoms with Crippen molar-refractivity contribution in [2.24, 2.45) is 0 Å². The van der Waals surface area contributed by atoms with Crippen LogP contribution in [0.1, 0.15) is 5.56 Å². The second-order valence-corrected chi connectivity index (χ2v) is 4.82. The van der Waals surface area contributed by atoms with E-state index < -0.39 is 0 Å². The third kappa shape index (κ3) is 3.11. The van der Waals surface area contributed by atoms with Crippen molar-refractivity contribution in [3.8, 4) is 16.9 Å². The van der Waals surface area contributed by atoms with Crippen molar-refractivity contribution < 1.29 is 0 Å². The van der Waals surface area contributed by atoms with Crippen molar-refractivity contribution in [3.63, 3.8) is 0 Å². The summed E-state index contributed by atoms with van der Waals surface area (Å²) in [7, 11) is 1.41. The van der Waals surface area contributed by atoms with E-state index in [0.29, 0.717) is 0 Å². The first kappa shape index (κ1) is 12.2. The lowest BCUT2D eigenvalue weighted by Crippen LogP contribution is -2.15. The minimum absolute atomic E-state index is 0.0809. The Balaban J connectivity index is 2.47. The van der Waals surface area contributed by atoms with Gasteiger partial charge in [-0.25, -0.2) is 0 Å². The second-order valence-electron chi connectivity index (χ2n) is 3.14. The topological polar surface area (TPSA) is 34.9 Å². The van der Waals surface area contributed by atoms with Crippen LogP contribution in [-0.4, -0.2) is 9.55 Å². The predicted octanol–water partition coefficient (Wildman–Crippen LogP) is 2.62. The summed E-state index contributed by atoms with van der Waals surface area (Å²) in [6, 6.07) is 6.87. The predicted molar refractivity (Wildman–Crippen MR) is 78.3 cm³/mol. The van der Waals surface area contributed by atoms with E-state index in [2.05, 4.69) is 37.4 Å². The molecule has 2 heterocycles. The molecule has 0 saturated heterocycles. The van der Waals surface area contributed by atoms with Crippen LogP contribution in [0.25, 0.3) is 5.69 Å². The van der Waals surface area contributed by atoms with Gasteiger partial charge >= 0.3 is 0 Å². The number of aromatic nitrogens is 2. The number of pyridine rings is 2. The van der Waals surface area contributed by atoms with Crippen LogP contribution in [0.2, 0.25) is 0 Å². The van der Waals surface area contributed by atoms with Gasteiger partial charge in [0.2, 0.25) is 0 Å². The number of hydrogen-bond donors (Lipinski definition) is 0. The SMILES string of the molecule is O=c1ccccn1-c1cncc(C#CSI)c1. The second kappa shape index (κ2) is 5.89. The average molecular weight is 354 g/mol. The van der Waals surface area contributed by atoms with Gasteiger partial charge in [-0.15, -0.1) is 0 Å². The third-order valence-corrected chi connectivity index (χ3v) is 2.90. The lowest BCUT2D eigenvalue weighted by Gasteiger charge is -2.03. The highest BCUT2D eigenvalue weighted by atomic mass is 127. The fourth-order valence-electron chi connectivity index (χ4n) is 1.35. The van der Waals surface area contributed by atoms with Gasteiger partial charge < -0.3 is 0 Å². The summed E-state index contributed by atoms with van der Waals surface area (Å²) in [5.41, 5.74) is 1.44. The summed E-state index contributed by atoms with van der Waals surface area (Å²) in [4.78, 5) is 15.7. The molecule has 84 valence electrons. The van der Waals surface area contributed by atoms with Crippen molar-refractivity contribution >= 4 is 30.1 Å². The summed E-state index contributed by atoms with van der Waals surface area (Å²) in [5.74, 6) is 2.95. The van der Waals surface area contributed by atoms with Gasteiger partial charge in [0, 0.05) is 45.2 Å². The number of halogens is 1. The molecule has 2 aromatic heterocycles. The Labute approximate surface area is 115 Å². The van der Waals surface area contributed by atoms with Gasteiger partial charge in [0.1, 0.15) is 0 Å². The van der Waals surface area contributed by atoms with E-state index in [0.717, 1.165) is 11.3 Å². The van der Waals surface area contributed by atoms with Crippen molar-refractivity contribution in [1.82, 2.24) is 9.55 Å². The zero-order valence-electron chi connectivity index (χ0n) is 8.63. The van der Waals surface area contributed by atoms with Gasteiger partial charge in [-0.1, -0.05) is 12.0 Å². The summed E-state index contributed by atoms with van der Waals surface area (Å²) < 4.78 is 1.54. The van der Waals surface area contributed by atoms with E-state index in [1.807, 2.05) is 6.07 Å². The molecule has 0 aliphatic heterocycles. The minimum Gasteiger partial charge on any atom is -0.283 e. The Kier molecular flexibility index (Phi) is 4.23. The first-order chi connectivity index (χ1) is 8.31. The molecule has 0 spiro atoms. The van der Waals surface area contributed by atoms with Gasteiger partial charge in [-0.05, 0) is 26.3 Å². The summed E-state index contributed by atoms with van der Waals surface area (Å²) >= 11 is 2.11. The van der Waals surface area contributed by atoms with E-state index in [-0.39, 0.29) is 5.56 Å². The molecule has 0 aliphatic carbocycles. The molecule has 0 radical (unpaired) electrons. The minimum atomic E-state index is -0.0809. The molecule has 0 amide bonds. The lowest BCUT2D eigenvalue weighted by molar-refractivity contribution is 0.977. The van der Waals surface area contributed by atoms with E-state index in [1.165, 1.54) is 19.6 Å². The van der Waals surface area contributed by atoms with E-state index in [4.69, 9.17) is 0 Å². The van der Waals surface area contributed by atoms with Crippen molar-refractivity contribution in [2.45, 2.75) is 0 Å². The molecule has 0 N–H and O–H groups in total. The number of hydrogen-bond acceptors (Lipinski definition) is 3. The third-order valence-electron chi connectivity index (χ3n) is 2.06. The molecular formula is C12H7IN2OS. The smallest absolute Gasteiger partial charge is 0.255 e. The van der Waals surface area contributed by atoms with Crippen LogP contribution < -0.4 is 5.56 Å². The molecule has 0 aromatic carbocycles. The molecule has 2 aromatic rings. The highest BCUT2D eigenvalue weighted by Crippen LogP contribution is 2.09. The summed E-state index contributed by atoms with van der Waals surface area (Å²) in [5, 5.41) is 2.88. The fourth-order valence-corrected chi connectivity index (χ4v) is 1.83. The van der Waals surface area contributed by atoms with Crippen LogP contribution in [0, 0.1) is 11.2 Å². The Morgan fingerprint density at radius 3 is 3.00 bits per heavy atom. The molecule has 17 heavy (non-hydrogen) atoms. The van der Waals surface area contributed by atoms with Crippen LogP contribution in [0.3, 0.4) is 0 Å². The highest BCUT2D eigenvalue weighted by molar-refractivity contribution is 14.2. The van der Waals surface area contributed by atoms with Gasteiger partial charge in [0.05, 0.1) is 11.9 Å². The normalized spacial score (nSPS) is 9.47. The standard InChI is InChI=1S/C12H7IN2OS/c13-17-6-4-10-7-11(9-14-8-10)15-5-2-1-3-12(15)16/h1-3,5,7-9H. The molecule has 0 saturated carbocycles. The van der Waals surface area contributed by atoms with E-state index in [1.54, 1.807) is 30.7 Å². The fraction of sp³-hybridized carbons (Fsp3) is 0. The van der Waals surface area contributed by atoms with E-state index in [9.17, 15) is 4.79 Å². The maximum Gasteiger partial charge on any atom is 0.255 e. The van der Waals surface area contributed by atoms with Gasteiger partial charge in [-0.2, -0.15) is 0 Å². The number of nitrogens with zero attached hydrogens (tertiary/aromatic N) is 2. The summed E-state index contributed by atoms with van der Waals surface area (Å²) in [6.07, 6.45) is 5.03. The Hall–Kier alpha value is -1.26. The number of rotatable bonds is 1. The molecule has 0 unspecified atom stereocenters. The van der Waals surface area contributed by atoms with Crippen molar-refractivity contribution in [1.29, 1.82) is 0 Å². The molecule has 5 heteroatoms. The van der Waals surface area contributed by atoms with Crippen molar-refractivity contribution in [2.75, 3.05) is 0 Å². The molecule has 0 atom stereocenters. The lowest BCUT2D eigenvalue weighted by atomic mass is 10.2. The Morgan fingerprint density at radius 2 is 2.24 bits per heavy atom. The van der Waals surface area contributed by atoms with Crippen LogP contribution >= 0.6 is 30.1 Å². The summed E-state index contributed by atoms with van der Waals surface area (Å²) in [6.45, 7) is 0. The Bertz CT molecular complexity index is 642. The molecule has 3 nitrogen and oxygen atoms in total. The quantitative estimate of drug-likeness (QED) is 0.583. The Morgan fingerprint density at radius 1 is 1.35 bits per heavy atom. The van der Waals surface area contributed by atoms with Crippen molar-refractivity contribution in [3.05, 3.63) is 58.8 Å². The van der Waals surface area contributed by atoms with Crippen LogP contribution in [0.5, 0.6) is 0 Å². The van der Waals surface area contributed by atoms with Crippen LogP contribution in [-0.2, 0) is 0 Å². The maximum atomic E-state index is 11.6. The molecule has 0 fully saturated rings. The molecule has 2 rings (SSSR count). The first-order valence-electron chi connectivity index (χ1n) is 4.73. The largest absolute Gasteiger partial charge is 0.283 e. The van der Waals surface area contributed by atoms with Crippen LogP contribution in [0.15, 0.2) is 47.7 Å². The molecule has 0 aliphatic rings. The van der Waals surface area contributed by atoms with Gasteiger partial charge in [-0.3, -0.25) is 14.3 Å². The highest BCUT2D eigenvalue weighted by Gasteiger charge is 1.99. The van der Waals surface area contributed by atoms with Crippen LogP contribution in [0.4, 0.5) is 0 Å². The zero-order chi connectivity index (χ0) is 12.1. The first-order valence-corrected chi connectivity index (χ1v) is 8.09. The zero-order valence-corrected chi connectivity index (χ0v) is 11.6. The maximum absolute atomic E-state index is 11.6. The molecular weight excluding hydrogens is 347 g/mol. The van der Waals surface area contributed by atoms with Gasteiger partial charge in [0.25, 0.3) is 5.56 Å². The monoisotopic (exact) mass is 354 g/mol. The van der Waals surface area contributed by atoms with Gasteiger partial charge in [0.15, 0.2) is 0 Å².